The van der Waals surface area contributed by atoms with Gasteiger partial charge >= 0.3 is 0 Å². The second kappa shape index (κ2) is 5.05. The van der Waals surface area contributed by atoms with Crippen LogP contribution in [0.15, 0.2) is 73.3 Å². The van der Waals surface area contributed by atoms with E-state index in [2.05, 4.69) is 73.3 Å². The van der Waals surface area contributed by atoms with E-state index < -0.39 is 0 Å². The van der Waals surface area contributed by atoms with Gasteiger partial charge in [-0.2, -0.15) is 0 Å². The van der Waals surface area contributed by atoms with Gasteiger partial charge in [0.2, 0.25) is 0 Å². The third kappa shape index (κ3) is 1.92. The largest absolute Gasteiger partial charge is 0.103 e. The molecule has 0 heterocycles. The third-order valence-electron chi connectivity index (χ3n) is 4.58. The molecule has 19 heavy (non-hydrogen) atoms. The molecule has 0 bridgehead atoms. The Morgan fingerprint density at radius 2 is 1.42 bits per heavy atom. The van der Waals surface area contributed by atoms with Gasteiger partial charge in [0.15, 0.2) is 0 Å². The molecule has 0 saturated heterocycles. The van der Waals surface area contributed by atoms with Crippen molar-refractivity contribution in [2.75, 3.05) is 0 Å². The van der Waals surface area contributed by atoms with Gasteiger partial charge in [-0.15, -0.1) is 6.58 Å². The molecule has 2 aromatic rings. The Morgan fingerprint density at radius 3 is 1.89 bits per heavy atom. The first-order chi connectivity index (χ1) is 9.38. The third-order valence-corrected chi connectivity index (χ3v) is 4.58. The lowest BCUT2D eigenvalue weighted by molar-refractivity contribution is 0.444. The van der Waals surface area contributed by atoms with Crippen LogP contribution < -0.4 is 0 Å². The molecule has 1 unspecified atom stereocenters. The minimum Gasteiger partial charge on any atom is -0.103 e. The van der Waals surface area contributed by atoms with E-state index in [1.54, 1.807) is 0 Å². The maximum Gasteiger partial charge on any atom is 0.0265 e. The van der Waals surface area contributed by atoms with Crippen LogP contribution in [0.25, 0.3) is 0 Å². The first-order valence-corrected chi connectivity index (χ1v) is 7.11. The maximum atomic E-state index is 4.09. The topological polar surface area (TPSA) is 0 Å². The molecule has 3 rings (SSSR count). The quantitative estimate of drug-likeness (QED) is 0.673. The summed E-state index contributed by atoms with van der Waals surface area (Å²) in [5.74, 6) is 0.539. The highest BCUT2D eigenvalue weighted by Gasteiger charge is 2.43. The highest BCUT2D eigenvalue weighted by molar-refractivity contribution is 5.42. The number of allylic oxidation sites excluding steroid dienone is 1. The van der Waals surface area contributed by atoms with Crippen LogP contribution in [0.3, 0.4) is 0 Å². The zero-order valence-electron chi connectivity index (χ0n) is 11.3. The molecule has 1 saturated carbocycles. The van der Waals surface area contributed by atoms with Crippen molar-refractivity contribution in [3.05, 3.63) is 84.4 Å². The zero-order chi connectivity index (χ0) is 13.1. The predicted molar refractivity (Wildman–Crippen MR) is 81.2 cm³/mol. The number of rotatable bonds is 3. The van der Waals surface area contributed by atoms with E-state index in [1.807, 2.05) is 0 Å². The van der Waals surface area contributed by atoms with Crippen molar-refractivity contribution in [2.24, 2.45) is 5.92 Å². The Kier molecular flexibility index (Phi) is 3.25. The fourth-order valence-corrected chi connectivity index (χ4v) is 3.71. The van der Waals surface area contributed by atoms with Gasteiger partial charge in [0, 0.05) is 5.41 Å². The van der Waals surface area contributed by atoms with Crippen LogP contribution >= 0.6 is 0 Å². The highest BCUT2D eigenvalue weighted by Crippen LogP contribution is 2.50. The summed E-state index contributed by atoms with van der Waals surface area (Å²) in [5, 5.41) is 0. The second-order valence-corrected chi connectivity index (χ2v) is 5.44. The molecule has 1 fully saturated rings. The molecule has 0 amide bonds. The molecular formula is C19H20. The summed E-state index contributed by atoms with van der Waals surface area (Å²) in [6.45, 7) is 4.09. The summed E-state index contributed by atoms with van der Waals surface area (Å²) in [5.41, 5.74) is 3.00. The van der Waals surface area contributed by atoms with Gasteiger partial charge in [-0.3, -0.25) is 0 Å². The van der Waals surface area contributed by atoms with Gasteiger partial charge in [0.05, 0.1) is 0 Å². The van der Waals surface area contributed by atoms with Gasteiger partial charge in [-0.05, 0) is 29.9 Å². The fourth-order valence-electron chi connectivity index (χ4n) is 3.71. The molecule has 1 atom stereocenters. The Bertz CT molecular complexity index is 499. The lowest BCUT2D eigenvalue weighted by atomic mass is 9.67. The highest BCUT2D eigenvalue weighted by atomic mass is 14.5. The normalized spacial score (nSPS) is 21.2. The minimum absolute atomic E-state index is 0.129. The van der Waals surface area contributed by atoms with Gasteiger partial charge in [0.25, 0.3) is 0 Å². The summed E-state index contributed by atoms with van der Waals surface area (Å²) < 4.78 is 0. The van der Waals surface area contributed by atoms with Crippen LogP contribution in [0.5, 0.6) is 0 Å². The van der Waals surface area contributed by atoms with Gasteiger partial charge < -0.3 is 0 Å². The number of benzene rings is 2. The number of hydrogen-bond donors (Lipinski definition) is 0. The fraction of sp³-hybridized carbons (Fsp3) is 0.263. The smallest absolute Gasteiger partial charge is 0.0265 e. The summed E-state index contributed by atoms with van der Waals surface area (Å²) >= 11 is 0. The molecule has 96 valence electrons. The molecule has 0 radical (unpaired) electrons. The lowest BCUT2D eigenvalue weighted by Gasteiger charge is -2.35. The van der Waals surface area contributed by atoms with Crippen molar-refractivity contribution in [1.29, 1.82) is 0 Å². The summed E-state index contributed by atoms with van der Waals surface area (Å²) in [4.78, 5) is 0. The van der Waals surface area contributed by atoms with Crippen molar-refractivity contribution >= 4 is 0 Å². The molecule has 0 heteroatoms. The molecule has 2 aromatic carbocycles. The van der Waals surface area contributed by atoms with Gasteiger partial charge in [0.1, 0.15) is 0 Å². The Balaban J connectivity index is 2.19. The SMILES string of the molecule is C=CC1CCCC1(c1ccccc1)c1ccccc1. The Hall–Kier alpha value is -1.82. The average molecular weight is 248 g/mol. The van der Waals surface area contributed by atoms with E-state index in [9.17, 15) is 0 Å². The van der Waals surface area contributed by atoms with E-state index in [0.29, 0.717) is 5.92 Å². The molecular weight excluding hydrogens is 228 g/mol. The predicted octanol–water partition coefficient (Wildman–Crippen LogP) is 4.96. The van der Waals surface area contributed by atoms with Crippen LogP contribution in [-0.4, -0.2) is 0 Å². The molecule has 0 aromatic heterocycles. The first-order valence-electron chi connectivity index (χ1n) is 7.11. The van der Waals surface area contributed by atoms with Crippen molar-refractivity contribution in [3.8, 4) is 0 Å². The van der Waals surface area contributed by atoms with Crippen LogP contribution in [0.4, 0.5) is 0 Å². The Morgan fingerprint density at radius 1 is 0.895 bits per heavy atom. The van der Waals surface area contributed by atoms with Gasteiger partial charge in [-0.1, -0.05) is 73.2 Å². The Labute approximate surface area is 115 Å². The van der Waals surface area contributed by atoms with E-state index in [1.165, 1.54) is 30.4 Å². The van der Waals surface area contributed by atoms with Crippen molar-refractivity contribution in [3.63, 3.8) is 0 Å². The molecule has 0 spiro atoms. The number of hydrogen-bond acceptors (Lipinski definition) is 0. The summed E-state index contributed by atoms with van der Waals surface area (Å²) in [6, 6.07) is 21.9. The monoisotopic (exact) mass is 248 g/mol. The van der Waals surface area contributed by atoms with Gasteiger partial charge in [-0.25, -0.2) is 0 Å². The average Bonchev–Trinajstić information content (AvgIpc) is 2.94. The van der Waals surface area contributed by atoms with Crippen molar-refractivity contribution in [2.45, 2.75) is 24.7 Å². The lowest BCUT2D eigenvalue weighted by Crippen LogP contribution is -2.30. The first kappa shape index (κ1) is 12.2. The molecule has 1 aliphatic rings. The van der Waals surface area contributed by atoms with Crippen LogP contribution in [-0.2, 0) is 5.41 Å². The van der Waals surface area contributed by atoms with E-state index in [0.717, 1.165) is 0 Å². The van der Waals surface area contributed by atoms with Crippen LogP contribution in [0.1, 0.15) is 30.4 Å². The van der Waals surface area contributed by atoms with Crippen molar-refractivity contribution in [1.82, 2.24) is 0 Å². The van der Waals surface area contributed by atoms with E-state index in [-0.39, 0.29) is 5.41 Å². The van der Waals surface area contributed by atoms with E-state index in [4.69, 9.17) is 0 Å². The second-order valence-electron chi connectivity index (χ2n) is 5.44. The molecule has 0 aliphatic heterocycles. The maximum absolute atomic E-state index is 4.09. The van der Waals surface area contributed by atoms with Crippen LogP contribution in [0, 0.1) is 5.92 Å². The molecule has 0 N–H and O–H groups in total. The van der Waals surface area contributed by atoms with Crippen LogP contribution in [0.2, 0.25) is 0 Å². The standard InChI is InChI=1S/C19H20/c1-2-16-14-9-15-19(16,17-10-5-3-6-11-17)18-12-7-4-8-13-18/h2-8,10-13,16H,1,9,14-15H2. The van der Waals surface area contributed by atoms with Crippen molar-refractivity contribution < 1.29 is 0 Å². The molecule has 1 aliphatic carbocycles. The summed E-state index contributed by atoms with van der Waals surface area (Å²) in [6.07, 6.45) is 5.90. The zero-order valence-corrected chi connectivity index (χ0v) is 11.3. The summed E-state index contributed by atoms with van der Waals surface area (Å²) in [7, 11) is 0. The molecule has 0 nitrogen and oxygen atoms in total. The van der Waals surface area contributed by atoms with E-state index >= 15 is 0 Å². The minimum atomic E-state index is 0.129.